The van der Waals surface area contributed by atoms with Crippen LogP contribution in [0.1, 0.15) is 18.5 Å². The van der Waals surface area contributed by atoms with Gasteiger partial charge in [0.05, 0.1) is 24.4 Å². The molecule has 0 amide bonds. The molecule has 34 heavy (non-hydrogen) atoms. The van der Waals surface area contributed by atoms with Gasteiger partial charge in [-0.15, -0.1) is 16.4 Å². The van der Waals surface area contributed by atoms with Crippen molar-refractivity contribution in [2.24, 2.45) is 0 Å². The van der Waals surface area contributed by atoms with Crippen molar-refractivity contribution < 1.29 is 18.3 Å². The molecule has 0 spiro atoms. The summed E-state index contributed by atoms with van der Waals surface area (Å²) in [7, 11) is 1.61. The first kappa shape index (κ1) is 20.5. The molecule has 6 rings (SSSR count). The normalized spacial score (nSPS) is 11.5. The Morgan fingerprint density at radius 2 is 1.94 bits per heavy atom. The van der Waals surface area contributed by atoms with Gasteiger partial charge in [-0.05, 0) is 6.07 Å². The lowest BCUT2D eigenvalue weighted by Gasteiger charge is -2.07. The van der Waals surface area contributed by atoms with E-state index in [9.17, 15) is 0 Å². The van der Waals surface area contributed by atoms with Gasteiger partial charge in [-0.25, -0.2) is 4.98 Å². The first-order chi connectivity index (χ1) is 16.7. The molecule has 9 heteroatoms. The standard InChI is InChI=1S/C25H20N4O4S/c1-3-23-28-29-12-19(27-25(29)33-23)22-11-18-20(9-17(30-2)10-21(18)32-22)31-13-16-14-34-24(26-16)15-7-5-4-6-8-15/h4-12,14H,3,13H2,1-2H3. The summed E-state index contributed by atoms with van der Waals surface area (Å²) in [4.78, 5) is 9.22. The number of methoxy groups -OCH3 is 1. The third-order valence-electron chi connectivity index (χ3n) is 5.40. The fourth-order valence-electron chi connectivity index (χ4n) is 3.69. The lowest BCUT2D eigenvalue weighted by Crippen LogP contribution is -1.96. The number of ether oxygens (including phenoxy) is 2. The number of aromatic nitrogens is 4. The van der Waals surface area contributed by atoms with Crippen molar-refractivity contribution >= 4 is 28.2 Å². The Morgan fingerprint density at radius 1 is 1.06 bits per heavy atom. The summed E-state index contributed by atoms with van der Waals surface area (Å²) in [6, 6.07) is 15.7. The molecule has 0 aliphatic heterocycles. The van der Waals surface area contributed by atoms with Crippen LogP contribution in [0.5, 0.6) is 11.5 Å². The summed E-state index contributed by atoms with van der Waals surface area (Å²) in [5.74, 6) is 2.94. The monoisotopic (exact) mass is 472 g/mol. The minimum absolute atomic E-state index is 0.327. The topological polar surface area (TPSA) is 87.8 Å². The van der Waals surface area contributed by atoms with E-state index in [1.807, 2.05) is 60.8 Å². The molecular formula is C25H20N4O4S. The van der Waals surface area contributed by atoms with Crippen molar-refractivity contribution in [2.45, 2.75) is 20.0 Å². The van der Waals surface area contributed by atoms with Crippen LogP contribution in [0.4, 0.5) is 0 Å². The van der Waals surface area contributed by atoms with Crippen LogP contribution >= 0.6 is 11.3 Å². The zero-order chi connectivity index (χ0) is 23.1. The molecule has 6 aromatic rings. The summed E-state index contributed by atoms with van der Waals surface area (Å²) >= 11 is 1.60. The fourth-order valence-corrected chi connectivity index (χ4v) is 4.50. The Morgan fingerprint density at radius 3 is 2.74 bits per heavy atom. The summed E-state index contributed by atoms with van der Waals surface area (Å²) in [6.45, 7) is 2.31. The number of rotatable bonds is 7. The molecule has 4 heterocycles. The van der Waals surface area contributed by atoms with Crippen LogP contribution in [-0.2, 0) is 13.0 Å². The SMILES string of the molecule is CCc1nn2cc(-c3cc4c(OCc5csc(-c6ccccc6)n5)cc(OC)cc4o3)nc2o1. The van der Waals surface area contributed by atoms with Crippen LogP contribution in [0.2, 0.25) is 0 Å². The van der Waals surface area contributed by atoms with Crippen LogP contribution in [0.15, 0.2) is 68.9 Å². The predicted octanol–water partition coefficient (Wildman–Crippen LogP) is 6.01. The number of furan rings is 1. The van der Waals surface area contributed by atoms with Crippen LogP contribution in [-0.4, -0.2) is 26.7 Å². The third kappa shape index (κ3) is 3.69. The second-order valence-corrected chi connectivity index (χ2v) is 8.51. The number of benzene rings is 2. The van der Waals surface area contributed by atoms with Crippen LogP contribution in [0.25, 0.3) is 38.8 Å². The summed E-state index contributed by atoms with van der Waals surface area (Å²) in [5.41, 5.74) is 3.21. The first-order valence-corrected chi connectivity index (χ1v) is 11.7. The molecule has 0 aliphatic rings. The van der Waals surface area contributed by atoms with E-state index in [4.69, 9.17) is 23.3 Å². The maximum atomic E-state index is 6.17. The molecule has 4 aromatic heterocycles. The van der Waals surface area contributed by atoms with Crippen LogP contribution in [0, 0.1) is 0 Å². The quantitative estimate of drug-likeness (QED) is 0.281. The van der Waals surface area contributed by atoms with Crippen molar-refractivity contribution in [2.75, 3.05) is 7.11 Å². The Labute approximate surface area is 198 Å². The number of hydrogen-bond acceptors (Lipinski definition) is 8. The Balaban J connectivity index is 1.30. The smallest absolute Gasteiger partial charge is 0.325 e. The van der Waals surface area contributed by atoms with Crippen molar-refractivity contribution in [1.82, 2.24) is 19.6 Å². The predicted molar refractivity (Wildman–Crippen MR) is 128 cm³/mol. The lowest BCUT2D eigenvalue weighted by atomic mass is 10.2. The van der Waals surface area contributed by atoms with E-state index >= 15 is 0 Å². The van der Waals surface area contributed by atoms with Crippen molar-refractivity contribution in [1.29, 1.82) is 0 Å². The largest absolute Gasteiger partial charge is 0.496 e. The van der Waals surface area contributed by atoms with E-state index in [1.165, 1.54) is 0 Å². The first-order valence-electron chi connectivity index (χ1n) is 10.8. The van der Waals surface area contributed by atoms with Gasteiger partial charge < -0.3 is 18.3 Å². The summed E-state index contributed by atoms with van der Waals surface area (Å²) in [6.07, 6.45) is 2.49. The Hall–Kier alpha value is -4.11. The number of hydrogen-bond donors (Lipinski definition) is 0. The molecule has 0 radical (unpaired) electrons. The van der Waals surface area contributed by atoms with Gasteiger partial charge in [0.25, 0.3) is 0 Å². The molecule has 0 N–H and O–H groups in total. The van der Waals surface area contributed by atoms with Gasteiger partial charge in [-0.3, -0.25) is 0 Å². The van der Waals surface area contributed by atoms with Gasteiger partial charge in [-0.1, -0.05) is 37.3 Å². The number of thiazole rings is 1. The van der Waals surface area contributed by atoms with E-state index in [0.29, 0.717) is 53.3 Å². The molecule has 0 aliphatic carbocycles. The van der Waals surface area contributed by atoms with E-state index in [1.54, 1.807) is 29.2 Å². The van der Waals surface area contributed by atoms with Crippen LogP contribution < -0.4 is 9.47 Å². The Kier molecular flexibility index (Phi) is 5.03. The molecule has 0 bridgehead atoms. The number of aryl methyl sites for hydroxylation is 1. The van der Waals surface area contributed by atoms with Gasteiger partial charge in [0.2, 0.25) is 5.89 Å². The van der Waals surface area contributed by atoms with Gasteiger partial charge in [0, 0.05) is 29.5 Å². The molecule has 0 saturated carbocycles. The van der Waals surface area contributed by atoms with Gasteiger partial charge in [0.15, 0.2) is 5.76 Å². The van der Waals surface area contributed by atoms with Crippen molar-refractivity contribution in [3.63, 3.8) is 0 Å². The van der Waals surface area contributed by atoms with Crippen molar-refractivity contribution in [3.05, 3.63) is 71.7 Å². The van der Waals surface area contributed by atoms with E-state index in [-0.39, 0.29) is 0 Å². The molecule has 170 valence electrons. The highest BCUT2D eigenvalue weighted by atomic mass is 32.1. The molecule has 2 aromatic carbocycles. The highest BCUT2D eigenvalue weighted by molar-refractivity contribution is 7.13. The Bertz CT molecular complexity index is 1560. The van der Waals surface area contributed by atoms with E-state index in [0.717, 1.165) is 21.7 Å². The number of fused-ring (bicyclic) bond motifs is 2. The van der Waals surface area contributed by atoms with E-state index in [2.05, 4.69) is 10.1 Å². The molecular weight excluding hydrogens is 452 g/mol. The molecule has 0 fully saturated rings. The van der Waals surface area contributed by atoms with E-state index < -0.39 is 0 Å². The highest BCUT2D eigenvalue weighted by Gasteiger charge is 2.17. The van der Waals surface area contributed by atoms with Crippen molar-refractivity contribution in [3.8, 4) is 33.5 Å². The second-order valence-electron chi connectivity index (χ2n) is 7.65. The summed E-state index contributed by atoms with van der Waals surface area (Å²) < 4.78 is 25.0. The second kappa shape index (κ2) is 8.35. The number of nitrogens with zero attached hydrogens (tertiary/aromatic N) is 4. The van der Waals surface area contributed by atoms with Crippen LogP contribution in [0.3, 0.4) is 0 Å². The fraction of sp³-hybridized carbons (Fsp3) is 0.160. The molecule has 8 nitrogen and oxygen atoms in total. The van der Waals surface area contributed by atoms with Gasteiger partial charge in [0.1, 0.15) is 34.4 Å². The maximum absolute atomic E-state index is 6.17. The lowest BCUT2D eigenvalue weighted by molar-refractivity contribution is 0.303. The average molecular weight is 473 g/mol. The minimum Gasteiger partial charge on any atom is -0.496 e. The molecule has 0 atom stereocenters. The number of imidazole rings is 1. The summed E-state index contributed by atoms with van der Waals surface area (Å²) in [5, 5.41) is 8.15. The minimum atomic E-state index is 0.327. The zero-order valence-electron chi connectivity index (χ0n) is 18.5. The maximum Gasteiger partial charge on any atom is 0.325 e. The zero-order valence-corrected chi connectivity index (χ0v) is 19.3. The highest BCUT2D eigenvalue weighted by Crippen LogP contribution is 2.37. The van der Waals surface area contributed by atoms with Gasteiger partial charge >= 0.3 is 5.84 Å². The van der Waals surface area contributed by atoms with Gasteiger partial charge in [-0.2, -0.15) is 9.50 Å². The average Bonchev–Trinajstić information content (AvgIpc) is 3.65. The molecule has 0 saturated heterocycles. The molecule has 0 unspecified atom stereocenters. The third-order valence-corrected chi connectivity index (χ3v) is 6.34.